The van der Waals surface area contributed by atoms with Gasteiger partial charge in [-0.15, -0.1) is 0 Å². The molecule has 27 heavy (non-hydrogen) atoms. The highest BCUT2D eigenvalue weighted by atomic mass is 19.1. The lowest BCUT2D eigenvalue weighted by atomic mass is 9.88. The van der Waals surface area contributed by atoms with Gasteiger partial charge in [-0.25, -0.2) is 4.39 Å². The third kappa shape index (κ3) is 5.42. The van der Waals surface area contributed by atoms with E-state index >= 15 is 0 Å². The van der Waals surface area contributed by atoms with E-state index in [2.05, 4.69) is 29.6 Å². The summed E-state index contributed by atoms with van der Waals surface area (Å²) in [5.41, 5.74) is 2.42. The standard InChI is InChI=1S/C23H22FNO2/c24-21-13-7-8-14-22(21)27-17-23(26)25-16-15-20(18-9-3-1-4-10-18)19-11-5-2-6-12-19/h1-14,20H,15-17H2,(H,25,26). The molecule has 0 atom stereocenters. The van der Waals surface area contributed by atoms with Crippen molar-refractivity contribution in [3.05, 3.63) is 102 Å². The zero-order valence-corrected chi connectivity index (χ0v) is 15.0. The molecule has 3 aromatic carbocycles. The van der Waals surface area contributed by atoms with Gasteiger partial charge >= 0.3 is 0 Å². The van der Waals surface area contributed by atoms with Gasteiger partial charge in [-0.1, -0.05) is 72.8 Å². The fraction of sp³-hybridized carbons (Fsp3) is 0.174. The molecule has 4 heteroatoms. The first-order valence-electron chi connectivity index (χ1n) is 8.98. The zero-order chi connectivity index (χ0) is 18.9. The summed E-state index contributed by atoms with van der Waals surface area (Å²) in [6.45, 7) is 0.302. The van der Waals surface area contributed by atoms with E-state index in [9.17, 15) is 9.18 Å². The van der Waals surface area contributed by atoms with Crippen molar-refractivity contribution < 1.29 is 13.9 Å². The smallest absolute Gasteiger partial charge is 0.257 e. The number of rotatable bonds is 8. The number of halogens is 1. The van der Waals surface area contributed by atoms with Gasteiger partial charge in [0.2, 0.25) is 0 Å². The van der Waals surface area contributed by atoms with Crippen LogP contribution in [0.25, 0.3) is 0 Å². The maximum Gasteiger partial charge on any atom is 0.257 e. The molecule has 0 heterocycles. The minimum absolute atomic E-state index is 0.0825. The van der Waals surface area contributed by atoms with E-state index in [0.717, 1.165) is 6.42 Å². The van der Waals surface area contributed by atoms with Crippen LogP contribution < -0.4 is 10.1 Å². The Morgan fingerprint density at radius 2 is 1.41 bits per heavy atom. The first kappa shape index (κ1) is 18.6. The Morgan fingerprint density at radius 1 is 0.852 bits per heavy atom. The molecule has 0 saturated carbocycles. The van der Waals surface area contributed by atoms with Crippen molar-refractivity contribution in [2.75, 3.05) is 13.2 Å². The molecule has 1 N–H and O–H groups in total. The highest BCUT2D eigenvalue weighted by molar-refractivity contribution is 5.77. The molecule has 0 aliphatic heterocycles. The second-order valence-electron chi connectivity index (χ2n) is 6.23. The highest BCUT2D eigenvalue weighted by Crippen LogP contribution is 2.27. The molecule has 3 nitrogen and oxygen atoms in total. The molecule has 0 radical (unpaired) electrons. The van der Waals surface area contributed by atoms with E-state index in [1.807, 2.05) is 36.4 Å². The fourth-order valence-electron chi connectivity index (χ4n) is 3.01. The van der Waals surface area contributed by atoms with Crippen molar-refractivity contribution in [1.82, 2.24) is 5.32 Å². The first-order valence-corrected chi connectivity index (χ1v) is 8.98. The summed E-state index contributed by atoms with van der Waals surface area (Å²) in [5, 5.41) is 2.86. The third-order valence-corrected chi connectivity index (χ3v) is 4.35. The lowest BCUT2D eigenvalue weighted by Crippen LogP contribution is -2.30. The van der Waals surface area contributed by atoms with Crippen LogP contribution in [0.2, 0.25) is 0 Å². The molecule has 1 amide bonds. The number of ether oxygens (including phenoxy) is 1. The molecule has 0 fully saturated rings. The molecule has 0 bridgehead atoms. The number of hydrogen-bond acceptors (Lipinski definition) is 2. The first-order chi connectivity index (χ1) is 13.2. The van der Waals surface area contributed by atoms with Gasteiger partial charge in [-0.3, -0.25) is 4.79 Å². The van der Waals surface area contributed by atoms with E-state index < -0.39 is 5.82 Å². The molecule has 0 saturated heterocycles. The maximum absolute atomic E-state index is 13.5. The molecule has 0 aliphatic rings. The molecule has 0 aliphatic carbocycles. The Balaban J connectivity index is 1.55. The van der Waals surface area contributed by atoms with Crippen LogP contribution in [-0.2, 0) is 4.79 Å². The normalized spacial score (nSPS) is 10.6. The Labute approximate surface area is 158 Å². The molecule has 0 aromatic heterocycles. The Hall–Kier alpha value is -3.14. The zero-order valence-electron chi connectivity index (χ0n) is 15.0. The second-order valence-corrected chi connectivity index (χ2v) is 6.23. The molecule has 3 rings (SSSR count). The summed E-state index contributed by atoms with van der Waals surface area (Å²) in [6.07, 6.45) is 0.763. The van der Waals surface area contributed by atoms with Gasteiger partial charge in [-0.05, 0) is 29.7 Å². The largest absolute Gasteiger partial charge is 0.481 e. The summed E-state index contributed by atoms with van der Waals surface area (Å²) in [4.78, 5) is 12.0. The fourth-order valence-corrected chi connectivity index (χ4v) is 3.01. The quantitative estimate of drug-likeness (QED) is 0.638. The van der Waals surface area contributed by atoms with Crippen molar-refractivity contribution in [2.45, 2.75) is 12.3 Å². The van der Waals surface area contributed by atoms with Crippen LogP contribution in [0.4, 0.5) is 4.39 Å². The monoisotopic (exact) mass is 363 g/mol. The molecule has 0 unspecified atom stereocenters. The summed E-state index contributed by atoms with van der Waals surface area (Å²) in [5.74, 6) is -0.462. The number of carbonyl (C=O) groups is 1. The number of hydrogen-bond donors (Lipinski definition) is 1. The van der Waals surface area contributed by atoms with Crippen LogP contribution in [0.5, 0.6) is 5.75 Å². The average molecular weight is 363 g/mol. The summed E-state index contributed by atoms with van der Waals surface area (Å²) < 4.78 is 18.8. The minimum atomic E-state index is -0.474. The number of amides is 1. The van der Waals surface area contributed by atoms with Crippen molar-refractivity contribution in [1.29, 1.82) is 0 Å². The van der Waals surface area contributed by atoms with Gasteiger partial charge in [0.1, 0.15) is 0 Å². The van der Waals surface area contributed by atoms with E-state index in [0.29, 0.717) is 6.54 Å². The van der Waals surface area contributed by atoms with Crippen LogP contribution in [0.1, 0.15) is 23.5 Å². The number of carbonyl (C=O) groups excluding carboxylic acids is 1. The second kappa shape index (κ2) is 9.53. The predicted octanol–water partition coefficient (Wildman–Crippen LogP) is 4.54. The molecule has 3 aromatic rings. The summed E-state index contributed by atoms with van der Waals surface area (Å²) in [6, 6.07) is 26.5. The maximum atomic E-state index is 13.5. The van der Waals surface area contributed by atoms with E-state index in [-0.39, 0.29) is 24.2 Å². The van der Waals surface area contributed by atoms with Crippen molar-refractivity contribution in [3.8, 4) is 5.75 Å². The van der Waals surface area contributed by atoms with Gasteiger partial charge < -0.3 is 10.1 Å². The van der Waals surface area contributed by atoms with Crippen LogP contribution in [-0.4, -0.2) is 19.1 Å². The van der Waals surface area contributed by atoms with Gasteiger partial charge in [0.05, 0.1) is 0 Å². The number of para-hydroxylation sites is 1. The van der Waals surface area contributed by atoms with Crippen LogP contribution in [0.3, 0.4) is 0 Å². The predicted molar refractivity (Wildman–Crippen MR) is 104 cm³/mol. The molecular formula is C23H22FNO2. The Bertz CT molecular complexity index is 813. The number of benzene rings is 3. The summed E-state index contributed by atoms with van der Waals surface area (Å²) >= 11 is 0. The summed E-state index contributed by atoms with van der Waals surface area (Å²) in [7, 11) is 0. The molecule has 138 valence electrons. The van der Waals surface area contributed by atoms with Gasteiger partial charge in [-0.2, -0.15) is 0 Å². The topological polar surface area (TPSA) is 38.3 Å². The van der Waals surface area contributed by atoms with Crippen molar-refractivity contribution >= 4 is 5.91 Å². The lowest BCUT2D eigenvalue weighted by Gasteiger charge is -2.18. The highest BCUT2D eigenvalue weighted by Gasteiger charge is 2.14. The van der Waals surface area contributed by atoms with Gasteiger partial charge in [0.25, 0.3) is 5.91 Å². The lowest BCUT2D eigenvalue weighted by molar-refractivity contribution is -0.123. The third-order valence-electron chi connectivity index (χ3n) is 4.35. The SMILES string of the molecule is O=C(COc1ccccc1F)NCCC(c1ccccc1)c1ccccc1. The van der Waals surface area contributed by atoms with Crippen LogP contribution in [0.15, 0.2) is 84.9 Å². The van der Waals surface area contributed by atoms with E-state index in [1.165, 1.54) is 23.3 Å². The van der Waals surface area contributed by atoms with Crippen LogP contribution >= 0.6 is 0 Å². The minimum Gasteiger partial charge on any atom is -0.481 e. The van der Waals surface area contributed by atoms with Crippen LogP contribution in [0, 0.1) is 5.82 Å². The number of nitrogens with one attached hydrogen (secondary N) is 1. The van der Waals surface area contributed by atoms with Gasteiger partial charge in [0.15, 0.2) is 18.2 Å². The van der Waals surface area contributed by atoms with Crippen molar-refractivity contribution in [2.24, 2.45) is 0 Å². The molecular weight excluding hydrogens is 341 g/mol. The van der Waals surface area contributed by atoms with E-state index in [1.54, 1.807) is 12.1 Å². The van der Waals surface area contributed by atoms with Crippen molar-refractivity contribution in [3.63, 3.8) is 0 Å². The molecule has 0 spiro atoms. The Kier molecular flexibility index (Phi) is 6.58. The average Bonchev–Trinajstić information content (AvgIpc) is 2.72. The van der Waals surface area contributed by atoms with E-state index in [4.69, 9.17) is 4.74 Å². The van der Waals surface area contributed by atoms with Gasteiger partial charge in [0, 0.05) is 12.5 Å². The Morgan fingerprint density at radius 3 is 2.00 bits per heavy atom.